The van der Waals surface area contributed by atoms with Crippen molar-refractivity contribution in [3.8, 4) is 0 Å². The zero-order valence-corrected chi connectivity index (χ0v) is 8.89. The molecule has 0 aliphatic heterocycles. The SMILES string of the molecule is Nc1nsc(NCCCCCCO)n1. The monoisotopic (exact) mass is 216 g/mol. The lowest BCUT2D eigenvalue weighted by Gasteiger charge is -2.00. The lowest BCUT2D eigenvalue weighted by molar-refractivity contribution is 0.283. The van der Waals surface area contributed by atoms with Crippen molar-refractivity contribution >= 4 is 22.6 Å². The van der Waals surface area contributed by atoms with Crippen LogP contribution in [0.4, 0.5) is 11.1 Å². The Morgan fingerprint density at radius 1 is 1.29 bits per heavy atom. The van der Waals surface area contributed by atoms with Gasteiger partial charge in [0.15, 0.2) is 0 Å². The summed E-state index contributed by atoms with van der Waals surface area (Å²) < 4.78 is 3.86. The van der Waals surface area contributed by atoms with Crippen molar-refractivity contribution < 1.29 is 5.11 Å². The van der Waals surface area contributed by atoms with Crippen molar-refractivity contribution in [1.29, 1.82) is 0 Å². The van der Waals surface area contributed by atoms with Gasteiger partial charge in [-0.15, -0.1) is 0 Å². The van der Waals surface area contributed by atoms with Gasteiger partial charge in [-0.2, -0.15) is 9.36 Å². The summed E-state index contributed by atoms with van der Waals surface area (Å²) in [6.45, 7) is 1.18. The van der Waals surface area contributed by atoms with E-state index < -0.39 is 0 Å². The summed E-state index contributed by atoms with van der Waals surface area (Å²) in [5.74, 6) is 0.331. The zero-order valence-electron chi connectivity index (χ0n) is 8.07. The minimum Gasteiger partial charge on any atom is -0.396 e. The molecule has 1 rings (SSSR count). The van der Waals surface area contributed by atoms with Gasteiger partial charge in [0.2, 0.25) is 11.1 Å². The number of nitrogen functional groups attached to an aromatic ring is 1. The molecule has 1 aromatic rings. The molecule has 0 bridgehead atoms. The van der Waals surface area contributed by atoms with Crippen LogP contribution in [0.1, 0.15) is 25.7 Å². The molecule has 0 aliphatic carbocycles. The topological polar surface area (TPSA) is 84.1 Å². The van der Waals surface area contributed by atoms with Crippen LogP contribution in [0.15, 0.2) is 0 Å². The summed E-state index contributed by atoms with van der Waals surface area (Å²) in [6.07, 6.45) is 4.18. The van der Waals surface area contributed by atoms with Gasteiger partial charge < -0.3 is 16.2 Å². The fourth-order valence-corrected chi connectivity index (χ4v) is 1.61. The van der Waals surface area contributed by atoms with Crippen molar-refractivity contribution in [2.45, 2.75) is 25.7 Å². The van der Waals surface area contributed by atoms with Gasteiger partial charge in [-0.1, -0.05) is 12.8 Å². The number of unbranched alkanes of at least 4 members (excludes halogenated alkanes) is 3. The van der Waals surface area contributed by atoms with Crippen molar-refractivity contribution in [2.24, 2.45) is 0 Å². The van der Waals surface area contributed by atoms with E-state index >= 15 is 0 Å². The van der Waals surface area contributed by atoms with E-state index in [1.54, 1.807) is 0 Å². The molecular formula is C8H16N4OS. The Hall–Kier alpha value is -0.880. The third-order valence-electron chi connectivity index (χ3n) is 1.80. The zero-order chi connectivity index (χ0) is 10.2. The Morgan fingerprint density at radius 3 is 2.71 bits per heavy atom. The maximum atomic E-state index is 8.56. The van der Waals surface area contributed by atoms with Gasteiger partial charge in [0.1, 0.15) is 0 Å². The van der Waals surface area contributed by atoms with Crippen LogP contribution >= 0.6 is 11.5 Å². The molecule has 0 aliphatic rings. The molecule has 80 valence electrons. The number of hydrogen-bond donors (Lipinski definition) is 3. The van der Waals surface area contributed by atoms with Crippen molar-refractivity contribution in [1.82, 2.24) is 9.36 Å². The summed E-state index contributed by atoms with van der Waals surface area (Å²) in [7, 11) is 0. The molecule has 1 heterocycles. The summed E-state index contributed by atoms with van der Waals surface area (Å²) in [5.41, 5.74) is 5.37. The highest BCUT2D eigenvalue weighted by molar-refractivity contribution is 7.09. The lowest BCUT2D eigenvalue weighted by Crippen LogP contribution is -2.01. The van der Waals surface area contributed by atoms with E-state index in [9.17, 15) is 0 Å². The average Bonchev–Trinajstić information content (AvgIpc) is 2.58. The van der Waals surface area contributed by atoms with Gasteiger partial charge >= 0.3 is 0 Å². The number of anilines is 2. The molecule has 0 fully saturated rings. The van der Waals surface area contributed by atoms with Crippen molar-refractivity contribution in [3.63, 3.8) is 0 Å². The standard InChI is InChI=1S/C8H16N4OS/c9-7-11-8(14-12-7)10-5-3-1-2-4-6-13/h13H,1-6H2,(H3,9,10,11,12). The number of hydrogen-bond acceptors (Lipinski definition) is 6. The van der Waals surface area contributed by atoms with Gasteiger partial charge in [0.25, 0.3) is 0 Å². The average molecular weight is 216 g/mol. The predicted molar refractivity (Wildman–Crippen MR) is 58.4 cm³/mol. The van der Waals surface area contributed by atoms with Crippen LogP contribution in [0.5, 0.6) is 0 Å². The van der Waals surface area contributed by atoms with Crippen LogP contribution in [0.25, 0.3) is 0 Å². The molecule has 0 radical (unpaired) electrons. The molecule has 0 amide bonds. The largest absolute Gasteiger partial charge is 0.396 e. The number of rotatable bonds is 7. The van der Waals surface area contributed by atoms with E-state index in [1.807, 2.05) is 0 Å². The number of aliphatic hydroxyl groups excluding tert-OH is 1. The van der Waals surface area contributed by atoms with Crippen LogP contribution in [-0.4, -0.2) is 27.6 Å². The number of nitrogens with one attached hydrogen (secondary N) is 1. The number of aliphatic hydroxyl groups is 1. The molecule has 0 aromatic carbocycles. The molecule has 14 heavy (non-hydrogen) atoms. The van der Waals surface area contributed by atoms with Crippen molar-refractivity contribution in [2.75, 3.05) is 24.2 Å². The highest BCUT2D eigenvalue weighted by atomic mass is 32.1. The highest BCUT2D eigenvalue weighted by Gasteiger charge is 1.98. The maximum absolute atomic E-state index is 8.56. The maximum Gasteiger partial charge on any atom is 0.233 e. The first-order chi connectivity index (χ1) is 6.83. The molecule has 0 saturated carbocycles. The van der Waals surface area contributed by atoms with Gasteiger partial charge in [0, 0.05) is 24.7 Å². The van der Waals surface area contributed by atoms with Gasteiger partial charge in [-0.25, -0.2) is 0 Å². The van der Waals surface area contributed by atoms with Crippen LogP contribution in [0.3, 0.4) is 0 Å². The van der Waals surface area contributed by atoms with E-state index in [0.717, 1.165) is 37.4 Å². The third-order valence-corrected chi connectivity index (χ3v) is 2.49. The molecule has 0 spiro atoms. The first-order valence-corrected chi connectivity index (χ1v) is 5.54. The smallest absolute Gasteiger partial charge is 0.233 e. The van der Waals surface area contributed by atoms with Gasteiger partial charge in [-0.05, 0) is 12.8 Å². The van der Waals surface area contributed by atoms with E-state index in [4.69, 9.17) is 10.8 Å². The fraction of sp³-hybridized carbons (Fsp3) is 0.750. The van der Waals surface area contributed by atoms with E-state index in [0.29, 0.717) is 12.6 Å². The van der Waals surface area contributed by atoms with Crippen LogP contribution in [0, 0.1) is 0 Å². The first kappa shape index (κ1) is 11.2. The summed E-state index contributed by atoms with van der Waals surface area (Å²) in [4.78, 5) is 3.98. The molecule has 6 heteroatoms. The van der Waals surface area contributed by atoms with Crippen LogP contribution in [0.2, 0.25) is 0 Å². The normalized spacial score (nSPS) is 10.4. The molecule has 1 aromatic heterocycles. The summed E-state index contributed by atoms with van der Waals surface area (Å²) >= 11 is 1.28. The lowest BCUT2D eigenvalue weighted by atomic mass is 10.2. The van der Waals surface area contributed by atoms with E-state index in [-0.39, 0.29) is 0 Å². The molecule has 4 N–H and O–H groups in total. The molecule has 0 unspecified atom stereocenters. The molecule has 0 atom stereocenters. The Bertz CT molecular complexity index is 253. The second-order valence-corrected chi connectivity index (χ2v) is 3.77. The number of aromatic nitrogens is 2. The van der Waals surface area contributed by atoms with E-state index in [2.05, 4.69) is 14.7 Å². The summed E-state index contributed by atoms with van der Waals surface area (Å²) in [6, 6.07) is 0. The second kappa shape index (κ2) is 6.56. The predicted octanol–water partition coefficient (Wildman–Crippen LogP) is 1.08. The van der Waals surface area contributed by atoms with Gasteiger partial charge in [-0.3, -0.25) is 0 Å². The van der Waals surface area contributed by atoms with Crippen LogP contribution in [-0.2, 0) is 0 Å². The third kappa shape index (κ3) is 4.38. The summed E-state index contributed by atoms with van der Waals surface area (Å²) in [5, 5.41) is 12.5. The number of nitrogens with two attached hydrogens (primary N) is 1. The first-order valence-electron chi connectivity index (χ1n) is 4.77. The Balaban J connectivity index is 1.99. The second-order valence-electron chi connectivity index (χ2n) is 3.02. The van der Waals surface area contributed by atoms with Crippen LogP contribution < -0.4 is 11.1 Å². The minimum atomic E-state index is 0.292. The minimum absolute atomic E-state index is 0.292. The Labute approximate surface area is 87.5 Å². The number of nitrogens with zero attached hydrogens (tertiary/aromatic N) is 2. The van der Waals surface area contributed by atoms with Crippen molar-refractivity contribution in [3.05, 3.63) is 0 Å². The van der Waals surface area contributed by atoms with E-state index in [1.165, 1.54) is 11.5 Å². The van der Waals surface area contributed by atoms with Gasteiger partial charge in [0.05, 0.1) is 0 Å². The quantitative estimate of drug-likeness (QED) is 0.594. The highest BCUT2D eigenvalue weighted by Crippen LogP contribution is 2.11. The molecule has 5 nitrogen and oxygen atoms in total. The molecular weight excluding hydrogens is 200 g/mol. The Kier molecular flexibility index (Phi) is 5.24. The Morgan fingerprint density at radius 2 is 2.07 bits per heavy atom. The molecule has 0 saturated heterocycles. The fourth-order valence-electron chi connectivity index (χ4n) is 1.09.